The van der Waals surface area contributed by atoms with E-state index < -0.39 is 5.97 Å². The van der Waals surface area contributed by atoms with Crippen LogP contribution in [0, 0.1) is 5.92 Å². The second-order valence-corrected chi connectivity index (χ2v) is 4.88. The molecule has 0 aliphatic carbocycles. The Balaban J connectivity index is 2.39. The van der Waals surface area contributed by atoms with Gasteiger partial charge in [-0.2, -0.15) is 0 Å². The molecule has 4 heteroatoms. The zero-order chi connectivity index (χ0) is 11.4. The fourth-order valence-corrected chi connectivity index (χ4v) is 2.31. The van der Waals surface area contributed by atoms with Crippen LogP contribution in [0.3, 0.4) is 0 Å². The molecule has 0 bridgehead atoms. The van der Waals surface area contributed by atoms with Crippen LogP contribution >= 0.6 is 0 Å². The second-order valence-electron chi connectivity index (χ2n) is 4.88. The first-order valence-corrected chi connectivity index (χ1v) is 5.73. The number of nitrogens with two attached hydrogens (primary N) is 1. The first-order chi connectivity index (χ1) is 7.00. The molecule has 3 N–H and O–H groups in total. The SMILES string of the molecule is CC(C)C[C@H](N)CN1CCC[C@H]1C(=O)O. The van der Waals surface area contributed by atoms with Crippen molar-refractivity contribution in [3.63, 3.8) is 0 Å². The van der Waals surface area contributed by atoms with Gasteiger partial charge in [0, 0.05) is 12.6 Å². The molecule has 2 atom stereocenters. The van der Waals surface area contributed by atoms with E-state index in [1.54, 1.807) is 0 Å². The summed E-state index contributed by atoms with van der Waals surface area (Å²) in [7, 11) is 0. The van der Waals surface area contributed by atoms with E-state index in [9.17, 15) is 4.79 Å². The molecule has 0 aromatic carbocycles. The van der Waals surface area contributed by atoms with Gasteiger partial charge in [0.2, 0.25) is 0 Å². The monoisotopic (exact) mass is 214 g/mol. The van der Waals surface area contributed by atoms with Crippen molar-refractivity contribution < 1.29 is 9.90 Å². The molecule has 0 spiro atoms. The maximum atomic E-state index is 10.9. The molecule has 0 aromatic rings. The fraction of sp³-hybridized carbons (Fsp3) is 0.909. The lowest BCUT2D eigenvalue weighted by atomic mass is 10.0. The highest BCUT2D eigenvalue weighted by Crippen LogP contribution is 2.18. The van der Waals surface area contributed by atoms with Crippen molar-refractivity contribution in [2.75, 3.05) is 13.1 Å². The summed E-state index contributed by atoms with van der Waals surface area (Å²) in [6.45, 7) is 5.87. The molecule has 1 aliphatic rings. The number of hydrogen-bond donors (Lipinski definition) is 2. The highest BCUT2D eigenvalue weighted by atomic mass is 16.4. The largest absolute Gasteiger partial charge is 0.480 e. The lowest BCUT2D eigenvalue weighted by Gasteiger charge is -2.25. The van der Waals surface area contributed by atoms with Crippen LogP contribution in [0.1, 0.15) is 33.1 Å². The van der Waals surface area contributed by atoms with Crippen LogP contribution in [0.25, 0.3) is 0 Å². The number of nitrogens with zero attached hydrogens (tertiary/aromatic N) is 1. The summed E-state index contributed by atoms with van der Waals surface area (Å²) in [4.78, 5) is 12.9. The van der Waals surface area contributed by atoms with Crippen molar-refractivity contribution in [2.24, 2.45) is 11.7 Å². The number of carbonyl (C=O) groups is 1. The average molecular weight is 214 g/mol. The maximum absolute atomic E-state index is 10.9. The molecule has 15 heavy (non-hydrogen) atoms. The summed E-state index contributed by atoms with van der Waals surface area (Å²) in [5.41, 5.74) is 5.98. The van der Waals surface area contributed by atoms with Crippen molar-refractivity contribution in [3.05, 3.63) is 0 Å². The number of likely N-dealkylation sites (tertiary alicyclic amines) is 1. The Labute approximate surface area is 91.4 Å². The molecule has 88 valence electrons. The highest BCUT2D eigenvalue weighted by Gasteiger charge is 2.31. The van der Waals surface area contributed by atoms with E-state index in [1.165, 1.54) is 0 Å². The molecule has 4 nitrogen and oxygen atoms in total. The standard InChI is InChI=1S/C11H22N2O2/c1-8(2)6-9(12)7-13-5-3-4-10(13)11(14)15/h8-10H,3-7,12H2,1-2H3,(H,14,15)/t9-,10-/m0/s1. The van der Waals surface area contributed by atoms with E-state index in [1.807, 2.05) is 4.90 Å². The number of carboxylic acid groups (broad SMARTS) is 1. The molecule has 0 saturated carbocycles. The van der Waals surface area contributed by atoms with Crippen LogP contribution in [0.4, 0.5) is 0 Å². The number of rotatable bonds is 5. The van der Waals surface area contributed by atoms with Gasteiger partial charge < -0.3 is 10.8 Å². The van der Waals surface area contributed by atoms with Gasteiger partial charge in [-0.1, -0.05) is 13.8 Å². The summed E-state index contributed by atoms with van der Waals surface area (Å²) in [6, 6.07) is -0.201. The Kier molecular flexibility index (Phi) is 4.54. The Morgan fingerprint density at radius 3 is 2.80 bits per heavy atom. The first kappa shape index (κ1) is 12.5. The summed E-state index contributed by atoms with van der Waals surface area (Å²) >= 11 is 0. The van der Waals surface area contributed by atoms with Crippen LogP contribution in [0.5, 0.6) is 0 Å². The van der Waals surface area contributed by atoms with Gasteiger partial charge in [0.05, 0.1) is 0 Å². The van der Waals surface area contributed by atoms with Gasteiger partial charge in [0.15, 0.2) is 0 Å². The lowest BCUT2D eigenvalue weighted by molar-refractivity contribution is -0.142. The zero-order valence-electron chi connectivity index (χ0n) is 9.65. The molecule has 1 rings (SSSR count). The van der Waals surface area contributed by atoms with E-state index in [0.29, 0.717) is 5.92 Å². The van der Waals surface area contributed by atoms with Crippen LogP contribution in [-0.4, -0.2) is 41.1 Å². The minimum atomic E-state index is -0.704. The molecule has 0 radical (unpaired) electrons. The topological polar surface area (TPSA) is 66.6 Å². The van der Waals surface area contributed by atoms with E-state index in [2.05, 4.69) is 13.8 Å². The number of carboxylic acids is 1. The quantitative estimate of drug-likeness (QED) is 0.714. The highest BCUT2D eigenvalue weighted by molar-refractivity contribution is 5.73. The summed E-state index contributed by atoms with van der Waals surface area (Å²) in [6.07, 6.45) is 2.71. The third-order valence-electron chi connectivity index (χ3n) is 2.89. The number of aliphatic carboxylic acids is 1. The van der Waals surface area contributed by atoms with Crippen molar-refractivity contribution in [1.29, 1.82) is 0 Å². The van der Waals surface area contributed by atoms with Crippen molar-refractivity contribution in [1.82, 2.24) is 4.90 Å². The zero-order valence-corrected chi connectivity index (χ0v) is 9.65. The Hall–Kier alpha value is -0.610. The molecule has 0 aromatic heterocycles. The third kappa shape index (κ3) is 3.80. The Morgan fingerprint density at radius 2 is 2.27 bits per heavy atom. The van der Waals surface area contributed by atoms with Gasteiger partial charge in [-0.15, -0.1) is 0 Å². The first-order valence-electron chi connectivity index (χ1n) is 5.73. The molecule has 0 unspecified atom stereocenters. The average Bonchev–Trinajstić information content (AvgIpc) is 2.50. The van der Waals surface area contributed by atoms with Crippen LogP contribution < -0.4 is 5.73 Å². The minimum absolute atomic E-state index is 0.102. The third-order valence-corrected chi connectivity index (χ3v) is 2.89. The van der Waals surface area contributed by atoms with Gasteiger partial charge in [-0.3, -0.25) is 9.69 Å². The van der Waals surface area contributed by atoms with Gasteiger partial charge >= 0.3 is 5.97 Å². The lowest BCUT2D eigenvalue weighted by Crippen LogP contribution is -2.43. The minimum Gasteiger partial charge on any atom is -0.480 e. The Morgan fingerprint density at radius 1 is 1.60 bits per heavy atom. The normalized spacial score (nSPS) is 24.7. The van der Waals surface area contributed by atoms with Crippen molar-refractivity contribution in [2.45, 2.75) is 45.2 Å². The van der Waals surface area contributed by atoms with Crippen LogP contribution in [0.2, 0.25) is 0 Å². The molecule has 1 heterocycles. The fourth-order valence-electron chi connectivity index (χ4n) is 2.31. The van der Waals surface area contributed by atoms with E-state index in [0.717, 1.165) is 32.4 Å². The van der Waals surface area contributed by atoms with Gasteiger partial charge in [-0.25, -0.2) is 0 Å². The predicted molar refractivity (Wildman–Crippen MR) is 59.7 cm³/mol. The summed E-state index contributed by atoms with van der Waals surface area (Å²) in [5, 5.41) is 9.00. The summed E-state index contributed by atoms with van der Waals surface area (Å²) < 4.78 is 0. The van der Waals surface area contributed by atoms with Crippen LogP contribution in [0.15, 0.2) is 0 Å². The Bertz CT molecular complexity index is 219. The molecule has 0 amide bonds. The molecular weight excluding hydrogens is 192 g/mol. The van der Waals surface area contributed by atoms with Crippen molar-refractivity contribution >= 4 is 5.97 Å². The van der Waals surface area contributed by atoms with E-state index in [4.69, 9.17) is 10.8 Å². The van der Waals surface area contributed by atoms with Crippen molar-refractivity contribution in [3.8, 4) is 0 Å². The van der Waals surface area contributed by atoms with E-state index in [-0.39, 0.29) is 12.1 Å². The smallest absolute Gasteiger partial charge is 0.320 e. The number of hydrogen-bond acceptors (Lipinski definition) is 3. The van der Waals surface area contributed by atoms with Gasteiger partial charge in [0.25, 0.3) is 0 Å². The predicted octanol–water partition coefficient (Wildman–Crippen LogP) is 0.909. The second kappa shape index (κ2) is 5.47. The summed E-state index contributed by atoms with van der Waals surface area (Å²) in [5.74, 6) is -0.130. The van der Waals surface area contributed by atoms with Crippen LogP contribution in [-0.2, 0) is 4.79 Å². The van der Waals surface area contributed by atoms with Gasteiger partial charge in [0.1, 0.15) is 6.04 Å². The maximum Gasteiger partial charge on any atom is 0.320 e. The van der Waals surface area contributed by atoms with Gasteiger partial charge in [-0.05, 0) is 31.7 Å². The molecular formula is C11H22N2O2. The molecule has 1 aliphatic heterocycles. The molecule has 1 saturated heterocycles. The molecule has 1 fully saturated rings. The van der Waals surface area contributed by atoms with E-state index >= 15 is 0 Å².